The smallest absolute Gasteiger partial charge is 0.412 e. The van der Waals surface area contributed by atoms with Gasteiger partial charge in [-0.1, -0.05) is 30.3 Å². The Morgan fingerprint density at radius 2 is 2.14 bits per heavy atom. The number of aromatic nitrogens is 1. The van der Waals surface area contributed by atoms with Crippen LogP contribution in [0.4, 0.5) is 16.3 Å². The fourth-order valence-electron chi connectivity index (χ4n) is 2.26. The summed E-state index contributed by atoms with van der Waals surface area (Å²) in [5.41, 5.74) is 1.64. The van der Waals surface area contributed by atoms with Crippen LogP contribution >= 0.6 is 0 Å². The van der Waals surface area contributed by atoms with Crippen molar-refractivity contribution >= 4 is 17.6 Å². The molecule has 1 aromatic heterocycles. The molecular formula is C15H15N3O3. The SMILES string of the molecule is O=C(O)N1CCOc2c1ccnc2NCc1ccccc1. The highest BCUT2D eigenvalue weighted by molar-refractivity contribution is 5.90. The van der Waals surface area contributed by atoms with Crippen molar-refractivity contribution in [3.63, 3.8) is 0 Å². The maximum Gasteiger partial charge on any atom is 0.412 e. The molecule has 0 unspecified atom stereocenters. The third kappa shape index (κ3) is 2.74. The normalized spacial score (nSPS) is 13.2. The third-order valence-corrected chi connectivity index (χ3v) is 3.27. The summed E-state index contributed by atoms with van der Waals surface area (Å²) in [6.45, 7) is 1.25. The minimum absolute atomic E-state index is 0.324. The van der Waals surface area contributed by atoms with Crippen molar-refractivity contribution in [2.45, 2.75) is 6.54 Å². The van der Waals surface area contributed by atoms with Gasteiger partial charge >= 0.3 is 6.09 Å². The number of nitrogens with zero attached hydrogens (tertiary/aromatic N) is 2. The van der Waals surface area contributed by atoms with Crippen LogP contribution in [0.2, 0.25) is 0 Å². The molecule has 1 aliphatic rings. The van der Waals surface area contributed by atoms with E-state index < -0.39 is 6.09 Å². The summed E-state index contributed by atoms with van der Waals surface area (Å²) in [7, 11) is 0. The Balaban J connectivity index is 1.84. The lowest BCUT2D eigenvalue weighted by Gasteiger charge is -2.28. The van der Waals surface area contributed by atoms with Crippen molar-refractivity contribution in [3.05, 3.63) is 48.2 Å². The maximum atomic E-state index is 11.2. The van der Waals surface area contributed by atoms with Crippen LogP contribution in [0.15, 0.2) is 42.6 Å². The van der Waals surface area contributed by atoms with Gasteiger partial charge in [0.15, 0.2) is 11.6 Å². The first kappa shape index (κ1) is 13.2. The zero-order valence-corrected chi connectivity index (χ0v) is 11.3. The molecule has 2 N–H and O–H groups in total. The van der Waals surface area contributed by atoms with E-state index in [1.54, 1.807) is 12.3 Å². The lowest BCUT2D eigenvalue weighted by molar-refractivity contribution is 0.197. The molecule has 0 atom stereocenters. The number of nitrogens with one attached hydrogen (secondary N) is 1. The average Bonchev–Trinajstić information content (AvgIpc) is 2.53. The van der Waals surface area contributed by atoms with Crippen LogP contribution in [0.1, 0.15) is 5.56 Å². The Bertz CT molecular complexity index is 646. The molecule has 1 aromatic carbocycles. The van der Waals surface area contributed by atoms with Gasteiger partial charge < -0.3 is 15.2 Å². The summed E-state index contributed by atoms with van der Waals surface area (Å²) in [6.07, 6.45) is 0.594. The zero-order chi connectivity index (χ0) is 14.7. The number of carboxylic acid groups (broad SMARTS) is 1. The van der Waals surface area contributed by atoms with Gasteiger partial charge in [-0.2, -0.15) is 0 Å². The van der Waals surface area contributed by atoms with Crippen molar-refractivity contribution in [1.82, 2.24) is 4.98 Å². The van der Waals surface area contributed by atoms with Gasteiger partial charge in [0, 0.05) is 12.7 Å². The van der Waals surface area contributed by atoms with Gasteiger partial charge in [0.05, 0.1) is 12.2 Å². The average molecular weight is 285 g/mol. The van der Waals surface area contributed by atoms with Crippen LogP contribution in [-0.4, -0.2) is 29.3 Å². The molecule has 0 aliphatic carbocycles. The molecule has 0 saturated carbocycles. The molecule has 0 fully saturated rings. The van der Waals surface area contributed by atoms with E-state index in [4.69, 9.17) is 4.74 Å². The number of hydrogen-bond donors (Lipinski definition) is 2. The van der Waals surface area contributed by atoms with Crippen molar-refractivity contribution in [2.75, 3.05) is 23.4 Å². The number of amides is 1. The van der Waals surface area contributed by atoms with Gasteiger partial charge in [0.2, 0.25) is 0 Å². The number of benzene rings is 1. The number of hydrogen-bond acceptors (Lipinski definition) is 4. The van der Waals surface area contributed by atoms with E-state index in [2.05, 4.69) is 10.3 Å². The number of rotatable bonds is 3. The van der Waals surface area contributed by atoms with E-state index in [1.165, 1.54) is 4.90 Å². The summed E-state index contributed by atoms with van der Waals surface area (Å²) < 4.78 is 5.59. The van der Waals surface area contributed by atoms with E-state index in [1.807, 2.05) is 30.3 Å². The number of pyridine rings is 1. The lowest BCUT2D eigenvalue weighted by Crippen LogP contribution is -2.37. The second-order valence-corrected chi connectivity index (χ2v) is 4.63. The fraction of sp³-hybridized carbons (Fsp3) is 0.200. The molecule has 6 heteroatoms. The predicted octanol–water partition coefficient (Wildman–Crippen LogP) is 2.57. The number of ether oxygens (including phenoxy) is 1. The number of fused-ring (bicyclic) bond motifs is 1. The van der Waals surface area contributed by atoms with Gasteiger partial charge in [-0.05, 0) is 11.6 Å². The first-order valence-electron chi connectivity index (χ1n) is 6.66. The van der Waals surface area contributed by atoms with Crippen LogP contribution in [-0.2, 0) is 6.54 Å². The van der Waals surface area contributed by atoms with Gasteiger partial charge in [0.25, 0.3) is 0 Å². The molecule has 1 amide bonds. The Morgan fingerprint density at radius 1 is 1.33 bits per heavy atom. The molecular weight excluding hydrogens is 270 g/mol. The Labute approximate surface area is 122 Å². The van der Waals surface area contributed by atoms with E-state index >= 15 is 0 Å². The van der Waals surface area contributed by atoms with E-state index in [9.17, 15) is 9.90 Å². The molecule has 6 nitrogen and oxygen atoms in total. The Kier molecular flexibility index (Phi) is 3.59. The molecule has 0 spiro atoms. The second-order valence-electron chi connectivity index (χ2n) is 4.63. The molecule has 2 heterocycles. The van der Waals surface area contributed by atoms with E-state index in [-0.39, 0.29) is 0 Å². The van der Waals surface area contributed by atoms with Crippen LogP contribution in [0.3, 0.4) is 0 Å². The first-order chi connectivity index (χ1) is 10.3. The van der Waals surface area contributed by atoms with Gasteiger partial charge in [-0.25, -0.2) is 9.78 Å². The van der Waals surface area contributed by atoms with Gasteiger partial charge in [0.1, 0.15) is 6.61 Å². The highest BCUT2D eigenvalue weighted by Crippen LogP contribution is 2.36. The topological polar surface area (TPSA) is 74.7 Å². The number of anilines is 2. The Hall–Kier alpha value is -2.76. The van der Waals surface area contributed by atoms with Gasteiger partial charge in [-0.3, -0.25) is 4.90 Å². The van der Waals surface area contributed by atoms with Crippen molar-refractivity contribution in [2.24, 2.45) is 0 Å². The summed E-state index contributed by atoms with van der Waals surface area (Å²) in [5, 5.41) is 12.4. The Morgan fingerprint density at radius 3 is 2.90 bits per heavy atom. The van der Waals surface area contributed by atoms with E-state index in [0.29, 0.717) is 37.0 Å². The highest BCUT2D eigenvalue weighted by Gasteiger charge is 2.25. The van der Waals surface area contributed by atoms with Crippen molar-refractivity contribution in [1.29, 1.82) is 0 Å². The minimum Gasteiger partial charge on any atom is -0.486 e. The fourth-order valence-corrected chi connectivity index (χ4v) is 2.26. The lowest BCUT2D eigenvalue weighted by atomic mass is 10.2. The molecule has 0 saturated heterocycles. The summed E-state index contributed by atoms with van der Waals surface area (Å²) in [4.78, 5) is 16.8. The first-order valence-corrected chi connectivity index (χ1v) is 6.66. The minimum atomic E-state index is -0.986. The summed E-state index contributed by atoms with van der Waals surface area (Å²) in [5.74, 6) is 1.05. The molecule has 108 valence electrons. The third-order valence-electron chi connectivity index (χ3n) is 3.27. The monoisotopic (exact) mass is 285 g/mol. The summed E-state index contributed by atoms with van der Waals surface area (Å²) in [6, 6.07) is 11.6. The standard InChI is InChI=1S/C15H15N3O3/c19-15(20)18-8-9-21-13-12(18)6-7-16-14(13)17-10-11-4-2-1-3-5-11/h1-7H,8-10H2,(H,16,17)(H,19,20). The highest BCUT2D eigenvalue weighted by atomic mass is 16.5. The molecule has 2 aromatic rings. The van der Waals surface area contributed by atoms with Gasteiger partial charge in [-0.15, -0.1) is 0 Å². The number of carbonyl (C=O) groups is 1. The van der Waals surface area contributed by atoms with Crippen molar-refractivity contribution in [3.8, 4) is 5.75 Å². The van der Waals surface area contributed by atoms with Crippen LogP contribution in [0.5, 0.6) is 5.75 Å². The van der Waals surface area contributed by atoms with E-state index in [0.717, 1.165) is 5.56 Å². The molecule has 3 rings (SSSR count). The molecule has 0 radical (unpaired) electrons. The second kappa shape index (κ2) is 5.70. The quantitative estimate of drug-likeness (QED) is 0.906. The largest absolute Gasteiger partial charge is 0.486 e. The zero-order valence-electron chi connectivity index (χ0n) is 11.3. The van der Waals surface area contributed by atoms with Crippen LogP contribution in [0, 0.1) is 0 Å². The molecule has 0 bridgehead atoms. The molecule has 1 aliphatic heterocycles. The van der Waals surface area contributed by atoms with Crippen molar-refractivity contribution < 1.29 is 14.6 Å². The summed E-state index contributed by atoms with van der Waals surface area (Å²) >= 11 is 0. The van der Waals surface area contributed by atoms with Crippen LogP contribution < -0.4 is 15.0 Å². The predicted molar refractivity (Wildman–Crippen MR) is 78.9 cm³/mol. The molecule has 21 heavy (non-hydrogen) atoms. The van der Waals surface area contributed by atoms with Crippen LogP contribution in [0.25, 0.3) is 0 Å². The maximum absolute atomic E-state index is 11.2.